The summed E-state index contributed by atoms with van der Waals surface area (Å²) in [6, 6.07) is 7.95. The fourth-order valence-electron chi connectivity index (χ4n) is 1.84. The van der Waals surface area contributed by atoms with Crippen molar-refractivity contribution in [2.24, 2.45) is 5.73 Å². The number of hydrogen-bond acceptors (Lipinski definition) is 4. The van der Waals surface area contributed by atoms with Gasteiger partial charge in [0.05, 0.1) is 11.7 Å². The van der Waals surface area contributed by atoms with E-state index >= 15 is 0 Å². The summed E-state index contributed by atoms with van der Waals surface area (Å²) in [5, 5.41) is 3.85. The monoisotopic (exact) mass is 295 g/mol. The van der Waals surface area contributed by atoms with Gasteiger partial charge in [-0.05, 0) is 31.7 Å². The van der Waals surface area contributed by atoms with E-state index in [4.69, 9.17) is 17.3 Å². The smallest absolute Gasteiger partial charge is 0.109 e. The van der Waals surface area contributed by atoms with Crippen molar-refractivity contribution in [2.75, 3.05) is 7.05 Å². The van der Waals surface area contributed by atoms with E-state index in [2.05, 4.69) is 22.3 Å². The second kappa shape index (κ2) is 6.48. The van der Waals surface area contributed by atoms with Crippen LogP contribution in [0.1, 0.15) is 29.2 Å². The Kier molecular flexibility index (Phi) is 4.93. The van der Waals surface area contributed by atoms with E-state index in [0.29, 0.717) is 0 Å². The molecule has 0 fully saturated rings. The van der Waals surface area contributed by atoms with Gasteiger partial charge in [-0.2, -0.15) is 0 Å². The molecule has 0 saturated carbocycles. The van der Waals surface area contributed by atoms with Gasteiger partial charge in [-0.25, -0.2) is 4.98 Å². The van der Waals surface area contributed by atoms with Gasteiger partial charge in [-0.3, -0.25) is 4.90 Å². The summed E-state index contributed by atoms with van der Waals surface area (Å²) < 4.78 is 0. The van der Waals surface area contributed by atoms with E-state index in [1.165, 1.54) is 5.56 Å². The third-order valence-electron chi connectivity index (χ3n) is 2.76. The van der Waals surface area contributed by atoms with Crippen LogP contribution in [0.4, 0.5) is 0 Å². The Morgan fingerprint density at radius 1 is 1.32 bits per heavy atom. The molecule has 2 aromatic rings. The van der Waals surface area contributed by atoms with Crippen LogP contribution < -0.4 is 5.73 Å². The van der Waals surface area contributed by atoms with Crippen LogP contribution in [-0.2, 0) is 13.1 Å². The number of nitrogens with two attached hydrogens (primary N) is 1. The van der Waals surface area contributed by atoms with E-state index in [1.807, 2.05) is 31.2 Å². The van der Waals surface area contributed by atoms with Gasteiger partial charge in [0.2, 0.25) is 0 Å². The molecule has 1 heterocycles. The van der Waals surface area contributed by atoms with Crippen LogP contribution in [0.3, 0.4) is 0 Å². The molecule has 1 unspecified atom stereocenters. The van der Waals surface area contributed by atoms with Gasteiger partial charge in [-0.15, -0.1) is 11.3 Å². The summed E-state index contributed by atoms with van der Waals surface area (Å²) in [5.41, 5.74) is 8.14. The molecule has 0 aliphatic carbocycles. The Labute approximate surface area is 123 Å². The van der Waals surface area contributed by atoms with E-state index in [-0.39, 0.29) is 6.04 Å². The molecule has 102 valence electrons. The summed E-state index contributed by atoms with van der Waals surface area (Å²) in [6.07, 6.45) is 0. The van der Waals surface area contributed by atoms with Crippen molar-refractivity contribution in [1.82, 2.24) is 9.88 Å². The molecule has 0 bridgehead atoms. The minimum atomic E-state index is 0.0142. The van der Waals surface area contributed by atoms with E-state index in [0.717, 1.165) is 28.8 Å². The van der Waals surface area contributed by atoms with Gasteiger partial charge in [0.25, 0.3) is 0 Å². The first kappa shape index (κ1) is 14.5. The second-order valence-electron chi connectivity index (χ2n) is 4.76. The highest BCUT2D eigenvalue weighted by Crippen LogP contribution is 2.17. The molecule has 1 aromatic carbocycles. The van der Waals surface area contributed by atoms with Crippen LogP contribution >= 0.6 is 22.9 Å². The van der Waals surface area contributed by atoms with Crippen LogP contribution in [0, 0.1) is 0 Å². The maximum atomic E-state index is 5.88. The molecule has 3 nitrogen and oxygen atoms in total. The Hall–Kier alpha value is -0.940. The lowest BCUT2D eigenvalue weighted by molar-refractivity contribution is 0.315. The minimum absolute atomic E-state index is 0.0142. The molecular weight excluding hydrogens is 278 g/mol. The highest BCUT2D eigenvalue weighted by Gasteiger charge is 2.08. The molecule has 2 rings (SSSR count). The Morgan fingerprint density at radius 3 is 2.58 bits per heavy atom. The topological polar surface area (TPSA) is 42.1 Å². The Bertz CT molecular complexity index is 522. The number of rotatable bonds is 5. The molecule has 0 aliphatic rings. The van der Waals surface area contributed by atoms with Gasteiger partial charge in [0.15, 0.2) is 0 Å². The lowest BCUT2D eigenvalue weighted by Crippen LogP contribution is -2.17. The Balaban J connectivity index is 1.93. The van der Waals surface area contributed by atoms with Crippen LogP contribution in [0.2, 0.25) is 5.02 Å². The number of benzene rings is 1. The van der Waals surface area contributed by atoms with Crippen molar-refractivity contribution in [2.45, 2.75) is 26.1 Å². The maximum absolute atomic E-state index is 5.88. The van der Waals surface area contributed by atoms with Crippen molar-refractivity contribution in [3.8, 4) is 0 Å². The number of halogens is 1. The normalized spacial score (nSPS) is 12.9. The summed E-state index contributed by atoms with van der Waals surface area (Å²) in [6.45, 7) is 3.66. The largest absolute Gasteiger partial charge is 0.322 e. The lowest BCUT2D eigenvalue weighted by Gasteiger charge is -2.15. The van der Waals surface area contributed by atoms with Gasteiger partial charge < -0.3 is 5.73 Å². The number of thiazole rings is 1. The number of hydrogen-bond donors (Lipinski definition) is 1. The summed E-state index contributed by atoms with van der Waals surface area (Å²) >= 11 is 7.50. The molecule has 19 heavy (non-hydrogen) atoms. The Morgan fingerprint density at radius 2 is 2.00 bits per heavy atom. The zero-order chi connectivity index (χ0) is 13.8. The van der Waals surface area contributed by atoms with Gasteiger partial charge in [-0.1, -0.05) is 23.7 Å². The third kappa shape index (κ3) is 4.28. The minimum Gasteiger partial charge on any atom is -0.322 e. The van der Waals surface area contributed by atoms with Crippen molar-refractivity contribution >= 4 is 22.9 Å². The molecule has 5 heteroatoms. The van der Waals surface area contributed by atoms with Crippen LogP contribution in [-0.4, -0.2) is 16.9 Å². The molecule has 2 N–H and O–H groups in total. The van der Waals surface area contributed by atoms with Crippen molar-refractivity contribution in [3.63, 3.8) is 0 Å². The fraction of sp³-hybridized carbons (Fsp3) is 0.357. The fourth-order valence-corrected chi connectivity index (χ4v) is 2.73. The van der Waals surface area contributed by atoms with Crippen LogP contribution in [0.5, 0.6) is 0 Å². The lowest BCUT2D eigenvalue weighted by atomic mass is 10.2. The first-order valence-electron chi connectivity index (χ1n) is 6.17. The molecule has 0 amide bonds. The van der Waals surface area contributed by atoms with Gasteiger partial charge >= 0.3 is 0 Å². The molecule has 0 saturated heterocycles. The van der Waals surface area contributed by atoms with Crippen LogP contribution in [0.15, 0.2) is 29.6 Å². The summed E-state index contributed by atoms with van der Waals surface area (Å²) in [4.78, 5) is 6.76. The third-order valence-corrected chi connectivity index (χ3v) is 4.10. The summed E-state index contributed by atoms with van der Waals surface area (Å²) in [7, 11) is 2.08. The predicted molar refractivity (Wildman–Crippen MR) is 81.3 cm³/mol. The maximum Gasteiger partial charge on any atom is 0.109 e. The number of nitrogens with zero attached hydrogens (tertiary/aromatic N) is 2. The van der Waals surface area contributed by atoms with E-state index < -0.39 is 0 Å². The highest BCUT2D eigenvalue weighted by molar-refractivity contribution is 7.09. The average molecular weight is 296 g/mol. The number of aromatic nitrogens is 1. The zero-order valence-corrected chi connectivity index (χ0v) is 12.7. The van der Waals surface area contributed by atoms with Gasteiger partial charge in [0, 0.05) is 23.5 Å². The quantitative estimate of drug-likeness (QED) is 0.919. The van der Waals surface area contributed by atoms with Crippen molar-refractivity contribution in [3.05, 3.63) is 50.9 Å². The average Bonchev–Trinajstić information content (AvgIpc) is 2.80. The molecular formula is C14H18ClN3S. The second-order valence-corrected chi connectivity index (χ2v) is 6.09. The van der Waals surface area contributed by atoms with E-state index in [1.54, 1.807) is 11.3 Å². The molecule has 0 spiro atoms. The molecule has 1 atom stereocenters. The molecule has 0 radical (unpaired) electrons. The van der Waals surface area contributed by atoms with Gasteiger partial charge in [0.1, 0.15) is 5.01 Å². The molecule has 1 aromatic heterocycles. The van der Waals surface area contributed by atoms with E-state index in [9.17, 15) is 0 Å². The SMILES string of the molecule is CC(N)c1nc(CN(C)Cc2ccc(Cl)cc2)cs1. The van der Waals surface area contributed by atoms with Crippen molar-refractivity contribution < 1.29 is 0 Å². The standard InChI is InChI=1S/C14H18ClN3S/c1-10(16)14-17-13(9-19-14)8-18(2)7-11-3-5-12(15)6-4-11/h3-6,9-10H,7-8,16H2,1-2H3. The predicted octanol–water partition coefficient (Wildman–Crippen LogP) is 3.45. The highest BCUT2D eigenvalue weighted by atomic mass is 35.5. The first-order chi connectivity index (χ1) is 9.04. The first-order valence-corrected chi connectivity index (χ1v) is 7.43. The van der Waals surface area contributed by atoms with Crippen LogP contribution in [0.25, 0.3) is 0 Å². The van der Waals surface area contributed by atoms with Crippen molar-refractivity contribution in [1.29, 1.82) is 0 Å². The zero-order valence-electron chi connectivity index (χ0n) is 11.1. The molecule has 0 aliphatic heterocycles. The summed E-state index contributed by atoms with van der Waals surface area (Å²) in [5.74, 6) is 0.